The van der Waals surface area contributed by atoms with Gasteiger partial charge in [-0.25, -0.2) is 4.79 Å². The maximum atomic E-state index is 11.5. The topological polar surface area (TPSA) is 61.5 Å². The number of benzene rings is 1. The number of aryl methyl sites for hydroxylation is 2. The van der Waals surface area contributed by atoms with Gasteiger partial charge in [0.1, 0.15) is 5.75 Å². The van der Waals surface area contributed by atoms with Gasteiger partial charge in [-0.1, -0.05) is 12.1 Å². The minimum Gasteiger partial charge on any atom is -0.478 e. The van der Waals surface area contributed by atoms with Gasteiger partial charge in [0.05, 0.1) is 6.61 Å². The van der Waals surface area contributed by atoms with Crippen molar-refractivity contribution in [2.75, 3.05) is 6.61 Å². The van der Waals surface area contributed by atoms with Crippen molar-refractivity contribution in [2.24, 2.45) is 5.73 Å². The van der Waals surface area contributed by atoms with Gasteiger partial charge in [0, 0.05) is 6.54 Å². The lowest BCUT2D eigenvalue weighted by atomic mass is 10.1. The van der Waals surface area contributed by atoms with Crippen molar-refractivity contribution in [3.05, 3.63) is 28.8 Å². The van der Waals surface area contributed by atoms with E-state index in [0.717, 1.165) is 22.4 Å². The van der Waals surface area contributed by atoms with Crippen molar-refractivity contribution in [2.45, 2.75) is 40.3 Å². The molecule has 1 rings (SSSR count). The second-order valence-electron chi connectivity index (χ2n) is 4.27. The molecule has 1 atom stereocenters. The minimum atomic E-state index is -0.605. The molecule has 0 bridgehead atoms. The molecule has 1 aromatic rings. The summed E-state index contributed by atoms with van der Waals surface area (Å²) in [6, 6.07) is 3.94. The summed E-state index contributed by atoms with van der Waals surface area (Å²) in [6.07, 6.45) is -0.605. The van der Waals surface area contributed by atoms with Crippen LogP contribution in [-0.2, 0) is 16.1 Å². The quantitative estimate of drug-likeness (QED) is 0.814. The van der Waals surface area contributed by atoms with E-state index >= 15 is 0 Å². The van der Waals surface area contributed by atoms with Gasteiger partial charge in [-0.05, 0) is 44.4 Å². The Morgan fingerprint density at radius 2 is 1.89 bits per heavy atom. The Morgan fingerprint density at radius 3 is 2.33 bits per heavy atom. The van der Waals surface area contributed by atoms with E-state index in [1.54, 1.807) is 13.8 Å². The third-order valence-corrected chi connectivity index (χ3v) is 2.67. The number of carbonyl (C=O) groups excluding carboxylic acids is 1. The van der Waals surface area contributed by atoms with Crippen molar-refractivity contribution >= 4 is 5.97 Å². The summed E-state index contributed by atoms with van der Waals surface area (Å²) in [7, 11) is 0. The molecule has 100 valence electrons. The number of ether oxygens (including phenoxy) is 2. The van der Waals surface area contributed by atoms with Crippen LogP contribution in [0, 0.1) is 13.8 Å². The van der Waals surface area contributed by atoms with E-state index in [9.17, 15) is 4.79 Å². The second kappa shape index (κ2) is 6.40. The molecular formula is C14H21NO3. The van der Waals surface area contributed by atoms with Crippen molar-refractivity contribution in [1.82, 2.24) is 0 Å². The number of hydrogen-bond acceptors (Lipinski definition) is 4. The van der Waals surface area contributed by atoms with Crippen LogP contribution in [0.4, 0.5) is 0 Å². The Kier molecular flexibility index (Phi) is 5.16. The summed E-state index contributed by atoms with van der Waals surface area (Å²) in [5, 5.41) is 0. The molecule has 0 heterocycles. The summed E-state index contributed by atoms with van der Waals surface area (Å²) < 4.78 is 10.6. The van der Waals surface area contributed by atoms with Crippen LogP contribution in [0.5, 0.6) is 5.75 Å². The third-order valence-electron chi connectivity index (χ3n) is 2.67. The van der Waals surface area contributed by atoms with Gasteiger partial charge < -0.3 is 15.2 Å². The molecule has 18 heavy (non-hydrogen) atoms. The van der Waals surface area contributed by atoms with Crippen LogP contribution >= 0.6 is 0 Å². The van der Waals surface area contributed by atoms with Gasteiger partial charge in [0.25, 0.3) is 0 Å². The lowest BCUT2D eigenvalue weighted by molar-refractivity contribution is -0.150. The maximum absolute atomic E-state index is 11.5. The van der Waals surface area contributed by atoms with Crippen LogP contribution in [0.15, 0.2) is 12.1 Å². The summed E-state index contributed by atoms with van der Waals surface area (Å²) in [5.41, 5.74) is 8.63. The first-order chi connectivity index (χ1) is 8.49. The number of esters is 1. The van der Waals surface area contributed by atoms with E-state index in [1.165, 1.54) is 0 Å². The van der Waals surface area contributed by atoms with Crippen LogP contribution in [-0.4, -0.2) is 18.7 Å². The number of nitrogens with two attached hydrogens (primary N) is 1. The normalized spacial score (nSPS) is 12.1. The summed E-state index contributed by atoms with van der Waals surface area (Å²) in [5.74, 6) is 0.381. The molecule has 0 spiro atoms. The van der Waals surface area contributed by atoms with Crippen molar-refractivity contribution in [3.8, 4) is 5.75 Å². The lowest BCUT2D eigenvalue weighted by Gasteiger charge is -2.18. The zero-order valence-electron chi connectivity index (χ0n) is 11.4. The maximum Gasteiger partial charge on any atom is 0.347 e. The number of carbonyl (C=O) groups is 1. The standard InChI is InChI=1S/C14H21NO3/c1-5-17-14(16)11(4)18-13-9(2)6-12(8-15)7-10(13)3/h6-7,11H,5,8,15H2,1-4H3. The van der Waals surface area contributed by atoms with Crippen molar-refractivity contribution in [1.29, 1.82) is 0 Å². The first-order valence-electron chi connectivity index (χ1n) is 6.13. The molecule has 4 heteroatoms. The van der Waals surface area contributed by atoms with Gasteiger partial charge in [0.2, 0.25) is 0 Å². The average Bonchev–Trinajstić information content (AvgIpc) is 2.33. The average molecular weight is 251 g/mol. The molecule has 0 radical (unpaired) electrons. The summed E-state index contributed by atoms with van der Waals surface area (Å²) >= 11 is 0. The Hall–Kier alpha value is -1.55. The van der Waals surface area contributed by atoms with Crippen LogP contribution in [0.25, 0.3) is 0 Å². The minimum absolute atomic E-state index is 0.348. The molecular weight excluding hydrogens is 230 g/mol. The van der Waals surface area contributed by atoms with E-state index in [1.807, 2.05) is 26.0 Å². The zero-order chi connectivity index (χ0) is 13.7. The molecule has 0 aliphatic heterocycles. The Morgan fingerprint density at radius 1 is 1.33 bits per heavy atom. The SMILES string of the molecule is CCOC(=O)C(C)Oc1c(C)cc(CN)cc1C. The molecule has 1 aromatic carbocycles. The van der Waals surface area contributed by atoms with Crippen molar-refractivity contribution in [3.63, 3.8) is 0 Å². The molecule has 4 nitrogen and oxygen atoms in total. The Bertz CT molecular complexity index is 406. The predicted molar refractivity (Wildman–Crippen MR) is 70.5 cm³/mol. The highest BCUT2D eigenvalue weighted by Crippen LogP contribution is 2.25. The molecule has 0 saturated carbocycles. The fraction of sp³-hybridized carbons (Fsp3) is 0.500. The molecule has 0 aromatic heterocycles. The van der Waals surface area contributed by atoms with E-state index in [-0.39, 0.29) is 5.97 Å². The van der Waals surface area contributed by atoms with Crippen LogP contribution in [0.3, 0.4) is 0 Å². The highest BCUT2D eigenvalue weighted by Gasteiger charge is 2.18. The van der Waals surface area contributed by atoms with Gasteiger partial charge in [-0.15, -0.1) is 0 Å². The molecule has 0 aliphatic carbocycles. The van der Waals surface area contributed by atoms with Gasteiger partial charge in [-0.2, -0.15) is 0 Å². The summed E-state index contributed by atoms with van der Waals surface area (Å²) in [6.45, 7) is 8.20. The van der Waals surface area contributed by atoms with Gasteiger partial charge >= 0.3 is 5.97 Å². The molecule has 0 saturated heterocycles. The molecule has 0 aliphatic rings. The fourth-order valence-electron chi connectivity index (χ4n) is 1.83. The van der Waals surface area contributed by atoms with Crippen LogP contribution in [0.1, 0.15) is 30.5 Å². The first kappa shape index (κ1) is 14.5. The van der Waals surface area contributed by atoms with Crippen molar-refractivity contribution < 1.29 is 14.3 Å². The highest BCUT2D eigenvalue weighted by molar-refractivity contribution is 5.74. The van der Waals surface area contributed by atoms with E-state index in [4.69, 9.17) is 15.2 Å². The second-order valence-corrected chi connectivity index (χ2v) is 4.27. The molecule has 0 amide bonds. The fourth-order valence-corrected chi connectivity index (χ4v) is 1.83. The predicted octanol–water partition coefficient (Wildman–Crippen LogP) is 2.09. The number of rotatable bonds is 5. The lowest BCUT2D eigenvalue weighted by Crippen LogP contribution is -2.26. The zero-order valence-corrected chi connectivity index (χ0v) is 11.4. The molecule has 1 unspecified atom stereocenters. The smallest absolute Gasteiger partial charge is 0.347 e. The Labute approximate surface area is 108 Å². The highest BCUT2D eigenvalue weighted by atomic mass is 16.6. The molecule has 0 fully saturated rings. The van der Waals surface area contributed by atoms with Gasteiger partial charge in [-0.3, -0.25) is 0 Å². The monoisotopic (exact) mass is 251 g/mol. The first-order valence-corrected chi connectivity index (χ1v) is 6.13. The van der Waals surface area contributed by atoms with Crippen LogP contribution in [0.2, 0.25) is 0 Å². The van der Waals surface area contributed by atoms with Gasteiger partial charge in [0.15, 0.2) is 6.10 Å². The third kappa shape index (κ3) is 3.47. The van der Waals surface area contributed by atoms with E-state index in [2.05, 4.69) is 0 Å². The van der Waals surface area contributed by atoms with E-state index in [0.29, 0.717) is 13.2 Å². The van der Waals surface area contributed by atoms with Crippen LogP contribution < -0.4 is 10.5 Å². The largest absolute Gasteiger partial charge is 0.478 e. The summed E-state index contributed by atoms with van der Waals surface area (Å²) in [4.78, 5) is 11.5. The van der Waals surface area contributed by atoms with E-state index < -0.39 is 6.10 Å². The molecule has 2 N–H and O–H groups in total. The number of hydrogen-bond donors (Lipinski definition) is 1. The Balaban J connectivity index is 2.88.